The highest BCUT2D eigenvalue weighted by Crippen LogP contribution is 2.21. The van der Waals surface area contributed by atoms with Crippen LogP contribution in [0.5, 0.6) is 0 Å². The normalized spacial score (nSPS) is 15.0. The van der Waals surface area contributed by atoms with Crippen molar-refractivity contribution in [2.45, 2.75) is 0 Å². The average Bonchev–Trinajstić information content (AvgIpc) is 2.92. The molecule has 0 bridgehead atoms. The van der Waals surface area contributed by atoms with Crippen molar-refractivity contribution in [3.05, 3.63) is 41.7 Å². The topological polar surface area (TPSA) is 53.4 Å². The van der Waals surface area contributed by atoms with E-state index >= 15 is 0 Å². The molecule has 116 valence electrons. The van der Waals surface area contributed by atoms with Gasteiger partial charge in [-0.3, -0.25) is 4.68 Å². The number of amides is 2. The molecule has 1 fully saturated rings. The molecule has 6 nitrogen and oxygen atoms in total. The third kappa shape index (κ3) is 3.33. The highest BCUT2D eigenvalue weighted by molar-refractivity contribution is 6.30. The Hall–Kier alpha value is -2.21. The third-order valence-electron chi connectivity index (χ3n) is 3.70. The Labute approximate surface area is 134 Å². The molecule has 22 heavy (non-hydrogen) atoms. The highest BCUT2D eigenvalue weighted by atomic mass is 35.5. The van der Waals surface area contributed by atoms with Crippen LogP contribution < -0.4 is 10.2 Å². The van der Waals surface area contributed by atoms with Crippen molar-refractivity contribution in [2.75, 3.05) is 36.4 Å². The van der Waals surface area contributed by atoms with Crippen LogP contribution in [0.4, 0.5) is 16.2 Å². The first-order valence-corrected chi connectivity index (χ1v) is 7.55. The molecule has 0 spiro atoms. The number of aromatic nitrogens is 2. The number of hydrogen-bond donors (Lipinski definition) is 1. The number of carbonyl (C=O) groups excluding carboxylic acids is 1. The summed E-state index contributed by atoms with van der Waals surface area (Å²) < 4.78 is 1.66. The van der Waals surface area contributed by atoms with Crippen LogP contribution in [0.2, 0.25) is 5.02 Å². The van der Waals surface area contributed by atoms with Crippen LogP contribution in [0, 0.1) is 0 Å². The first-order chi connectivity index (χ1) is 10.6. The van der Waals surface area contributed by atoms with E-state index in [-0.39, 0.29) is 6.03 Å². The maximum absolute atomic E-state index is 12.2. The zero-order valence-corrected chi connectivity index (χ0v) is 13.1. The monoisotopic (exact) mass is 319 g/mol. The Bertz CT molecular complexity index is 663. The van der Waals surface area contributed by atoms with Crippen LogP contribution in [0.15, 0.2) is 36.7 Å². The molecule has 7 heteroatoms. The van der Waals surface area contributed by atoms with Gasteiger partial charge in [0.1, 0.15) is 0 Å². The predicted octanol–water partition coefficient (Wildman–Crippen LogP) is 2.43. The fraction of sp³-hybridized carbons (Fsp3) is 0.333. The highest BCUT2D eigenvalue weighted by Gasteiger charge is 2.21. The SMILES string of the molecule is Cn1cc(NC(=O)N2CCN(c3cccc(Cl)c3)CC2)cn1. The summed E-state index contributed by atoms with van der Waals surface area (Å²) in [5.41, 5.74) is 1.81. The lowest BCUT2D eigenvalue weighted by Crippen LogP contribution is -2.50. The van der Waals surface area contributed by atoms with Crippen LogP contribution in [-0.4, -0.2) is 46.9 Å². The number of carbonyl (C=O) groups is 1. The second-order valence-electron chi connectivity index (χ2n) is 5.29. The van der Waals surface area contributed by atoms with Gasteiger partial charge in [-0.05, 0) is 18.2 Å². The minimum Gasteiger partial charge on any atom is -0.368 e. The number of nitrogens with zero attached hydrogens (tertiary/aromatic N) is 4. The quantitative estimate of drug-likeness (QED) is 0.925. The molecule has 1 saturated heterocycles. The van der Waals surface area contributed by atoms with Gasteiger partial charge >= 0.3 is 6.03 Å². The number of hydrogen-bond acceptors (Lipinski definition) is 3. The summed E-state index contributed by atoms with van der Waals surface area (Å²) in [4.78, 5) is 16.3. The standard InChI is InChI=1S/C15H18ClN5O/c1-19-11-13(10-17-19)18-15(22)21-7-5-20(6-8-21)14-4-2-3-12(16)9-14/h2-4,9-11H,5-8H2,1H3,(H,18,22). The van der Waals surface area contributed by atoms with Gasteiger partial charge in [0.2, 0.25) is 0 Å². The van der Waals surface area contributed by atoms with E-state index in [1.807, 2.05) is 36.2 Å². The number of anilines is 2. The molecule has 1 aromatic heterocycles. The Morgan fingerprint density at radius 3 is 2.68 bits per heavy atom. The minimum absolute atomic E-state index is 0.0845. The summed E-state index contributed by atoms with van der Waals surface area (Å²) in [6.45, 7) is 2.94. The van der Waals surface area contributed by atoms with E-state index in [2.05, 4.69) is 15.3 Å². The summed E-state index contributed by atoms with van der Waals surface area (Å²) in [5, 5.41) is 7.63. The lowest BCUT2D eigenvalue weighted by atomic mass is 10.2. The van der Waals surface area contributed by atoms with Gasteiger partial charge in [-0.2, -0.15) is 5.10 Å². The fourth-order valence-corrected chi connectivity index (χ4v) is 2.71. The summed E-state index contributed by atoms with van der Waals surface area (Å²) in [6.07, 6.45) is 3.42. The van der Waals surface area contributed by atoms with Gasteiger partial charge in [-0.1, -0.05) is 17.7 Å². The van der Waals surface area contributed by atoms with Crippen LogP contribution >= 0.6 is 11.6 Å². The number of benzene rings is 1. The van der Waals surface area contributed by atoms with Gasteiger partial charge in [0.05, 0.1) is 11.9 Å². The first kappa shape index (κ1) is 14.7. The molecular formula is C15H18ClN5O. The van der Waals surface area contributed by atoms with Crippen LogP contribution in [0.25, 0.3) is 0 Å². The number of nitrogens with one attached hydrogen (secondary N) is 1. The van der Waals surface area contributed by atoms with Crippen molar-refractivity contribution in [3.63, 3.8) is 0 Å². The Kier molecular flexibility index (Phi) is 4.20. The van der Waals surface area contributed by atoms with Crippen molar-refractivity contribution in [2.24, 2.45) is 7.05 Å². The van der Waals surface area contributed by atoms with Gasteiger partial charge in [0, 0.05) is 50.1 Å². The molecule has 2 aromatic rings. The average molecular weight is 320 g/mol. The predicted molar refractivity (Wildman–Crippen MR) is 87.5 cm³/mol. The Balaban J connectivity index is 1.56. The second kappa shape index (κ2) is 6.27. The summed E-state index contributed by atoms with van der Waals surface area (Å²) in [5.74, 6) is 0. The molecule has 1 N–H and O–H groups in total. The van der Waals surface area contributed by atoms with Crippen LogP contribution in [-0.2, 0) is 7.05 Å². The zero-order valence-electron chi connectivity index (χ0n) is 12.4. The molecule has 3 rings (SSSR count). The molecule has 0 unspecified atom stereocenters. The molecule has 2 heterocycles. The molecule has 0 saturated carbocycles. The molecular weight excluding hydrogens is 302 g/mol. The number of piperazine rings is 1. The van der Waals surface area contributed by atoms with Crippen molar-refractivity contribution in [1.82, 2.24) is 14.7 Å². The largest absolute Gasteiger partial charge is 0.368 e. The van der Waals surface area contributed by atoms with E-state index in [1.54, 1.807) is 17.1 Å². The molecule has 1 aliphatic heterocycles. The van der Waals surface area contributed by atoms with E-state index in [1.165, 1.54) is 0 Å². The number of aryl methyl sites for hydroxylation is 1. The van der Waals surface area contributed by atoms with E-state index < -0.39 is 0 Å². The molecule has 1 aromatic carbocycles. The van der Waals surface area contributed by atoms with Crippen molar-refractivity contribution < 1.29 is 4.79 Å². The minimum atomic E-state index is -0.0845. The summed E-state index contributed by atoms with van der Waals surface area (Å²) in [6, 6.07) is 7.71. The Morgan fingerprint density at radius 2 is 2.05 bits per heavy atom. The molecule has 0 radical (unpaired) electrons. The molecule has 0 aliphatic carbocycles. The molecule has 1 aliphatic rings. The number of urea groups is 1. The van der Waals surface area contributed by atoms with Gasteiger partial charge in [-0.25, -0.2) is 4.79 Å². The Morgan fingerprint density at radius 1 is 1.27 bits per heavy atom. The third-order valence-corrected chi connectivity index (χ3v) is 3.93. The lowest BCUT2D eigenvalue weighted by Gasteiger charge is -2.36. The van der Waals surface area contributed by atoms with Gasteiger partial charge in [0.15, 0.2) is 0 Å². The van der Waals surface area contributed by atoms with Crippen molar-refractivity contribution in [3.8, 4) is 0 Å². The summed E-state index contributed by atoms with van der Waals surface area (Å²) in [7, 11) is 1.82. The smallest absolute Gasteiger partial charge is 0.322 e. The lowest BCUT2D eigenvalue weighted by molar-refractivity contribution is 0.208. The van der Waals surface area contributed by atoms with Crippen LogP contribution in [0.3, 0.4) is 0 Å². The van der Waals surface area contributed by atoms with E-state index in [0.29, 0.717) is 18.8 Å². The van der Waals surface area contributed by atoms with Crippen molar-refractivity contribution >= 4 is 29.0 Å². The number of rotatable bonds is 2. The second-order valence-corrected chi connectivity index (χ2v) is 5.72. The van der Waals surface area contributed by atoms with Crippen LogP contribution in [0.1, 0.15) is 0 Å². The number of halogens is 1. The molecule has 2 amide bonds. The van der Waals surface area contributed by atoms with Crippen molar-refractivity contribution in [1.29, 1.82) is 0 Å². The molecule has 0 atom stereocenters. The van der Waals surface area contributed by atoms with Gasteiger partial charge in [0.25, 0.3) is 0 Å². The maximum atomic E-state index is 12.2. The summed E-state index contributed by atoms with van der Waals surface area (Å²) >= 11 is 6.03. The maximum Gasteiger partial charge on any atom is 0.322 e. The van der Waals surface area contributed by atoms with Gasteiger partial charge < -0.3 is 15.1 Å². The van der Waals surface area contributed by atoms with Gasteiger partial charge in [-0.15, -0.1) is 0 Å². The van der Waals surface area contributed by atoms with E-state index in [4.69, 9.17) is 11.6 Å². The zero-order chi connectivity index (χ0) is 15.5. The first-order valence-electron chi connectivity index (χ1n) is 7.17. The van der Waals surface area contributed by atoms with E-state index in [9.17, 15) is 4.79 Å². The van der Waals surface area contributed by atoms with E-state index in [0.717, 1.165) is 23.8 Å². The fourth-order valence-electron chi connectivity index (χ4n) is 2.53.